The maximum atomic E-state index is 12.5. The molecule has 0 spiro atoms. The third kappa shape index (κ3) is 4.31. The number of aromatic nitrogens is 1. The second-order valence-electron chi connectivity index (χ2n) is 4.65. The zero-order valence-corrected chi connectivity index (χ0v) is 14.8. The molecule has 1 aromatic carbocycles. The highest BCUT2D eigenvalue weighted by Gasteiger charge is 2.19. The van der Waals surface area contributed by atoms with Crippen molar-refractivity contribution in [2.75, 3.05) is 4.72 Å². The average molecular weight is 371 g/mol. The second kappa shape index (κ2) is 7.12. The number of aliphatic imine (C=N–C) groups is 1. The van der Waals surface area contributed by atoms with E-state index >= 15 is 0 Å². The van der Waals surface area contributed by atoms with Crippen LogP contribution in [-0.2, 0) is 10.0 Å². The quantitative estimate of drug-likeness (QED) is 0.788. The maximum Gasteiger partial charge on any atom is 0.263 e. The first kappa shape index (κ1) is 17.5. The molecule has 0 saturated heterocycles. The van der Waals surface area contributed by atoms with Crippen molar-refractivity contribution in [1.82, 2.24) is 4.98 Å². The molecule has 0 unspecified atom stereocenters. The van der Waals surface area contributed by atoms with E-state index in [1.165, 1.54) is 29.8 Å². The van der Waals surface area contributed by atoms with Crippen molar-refractivity contribution in [2.24, 2.45) is 10.7 Å². The second-order valence-corrected chi connectivity index (χ2v) is 7.55. The lowest BCUT2D eigenvalue weighted by molar-refractivity contribution is 0.600. The van der Waals surface area contributed by atoms with Gasteiger partial charge >= 0.3 is 0 Å². The highest BCUT2D eigenvalue weighted by molar-refractivity contribution is 7.92. The molecular formula is C14H15ClN4O2S2. The van der Waals surface area contributed by atoms with Crippen LogP contribution in [0, 0.1) is 13.8 Å². The minimum atomic E-state index is -3.75. The molecule has 0 amide bonds. The lowest BCUT2D eigenvalue weighted by Gasteiger charge is -2.10. The van der Waals surface area contributed by atoms with Crippen LogP contribution >= 0.6 is 22.9 Å². The van der Waals surface area contributed by atoms with E-state index in [2.05, 4.69) is 14.7 Å². The van der Waals surface area contributed by atoms with Gasteiger partial charge in [-0.2, -0.15) is 0 Å². The Morgan fingerprint density at radius 2 is 2.09 bits per heavy atom. The van der Waals surface area contributed by atoms with Gasteiger partial charge in [-0.3, -0.25) is 4.72 Å². The van der Waals surface area contributed by atoms with E-state index in [0.717, 1.165) is 0 Å². The Morgan fingerprint density at radius 3 is 2.78 bits per heavy atom. The number of nitrogens with zero attached hydrogens (tertiary/aromatic N) is 2. The van der Waals surface area contributed by atoms with Gasteiger partial charge in [0.2, 0.25) is 5.13 Å². The van der Waals surface area contributed by atoms with Crippen molar-refractivity contribution in [2.45, 2.75) is 18.7 Å². The SMILES string of the molecule is Cc1cc(S(=O)(=O)Nc2csc(/N=C/C=C\N)n2)c(C)cc1Cl. The summed E-state index contributed by atoms with van der Waals surface area (Å²) in [6, 6.07) is 3.17. The molecule has 0 atom stereocenters. The first-order valence-corrected chi connectivity index (χ1v) is 9.23. The van der Waals surface area contributed by atoms with E-state index in [0.29, 0.717) is 21.3 Å². The first-order chi connectivity index (χ1) is 10.8. The van der Waals surface area contributed by atoms with Gasteiger partial charge in [-0.1, -0.05) is 11.6 Å². The molecule has 0 radical (unpaired) electrons. The van der Waals surface area contributed by atoms with E-state index in [1.54, 1.807) is 31.4 Å². The molecule has 0 fully saturated rings. The average Bonchev–Trinajstić information content (AvgIpc) is 2.89. The van der Waals surface area contributed by atoms with E-state index < -0.39 is 10.0 Å². The van der Waals surface area contributed by atoms with Gasteiger partial charge in [0.25, 0.3) is 10.0 Å². The molecule has 23 heavy (non-hydrogen) atoms. The lowest BCUT2D eigenvalue weighted by Crippen LogP contribution is -2.14. The number of nitrogens with one attached hydrogen (secondary N) is 1. The van der Waals surface area contributed by atoms with Gasteiger partial charge < -0.3 is 5.73 Å². The van der Waals surface area contributed by atoms with Gasteiger partial charge in [0.15, 0.2) is 5.82 Å². The fraction of sp³-hybridized carbons (Fsp3) is 0.143. The monoisotopic (exact) mass is 370 g/mol. The standard InChI is InChI=1S/C14H15ClN4O2S2/c1-9-7-12(10(2)6-11(9)15)23(20,21)19-13-8-22-14(18-13)17-5-3-4-16/h3-8,19H,16H2,1-2H3/b4-3-,17-5+. The van der Waals surface area contributed by atoms with Crippen LogP contribution in [0.4, 0.5) is 10.9 Å². The van der Waals surface area contributed by atoms with E-state index in [4.69, 9.17) is 17.3 Å². The summed E-state index contributed by atoms with van der Waals surface area (Å²) in [5, 5.41) is 2.53. The summed E-state index contributed by atoms with van der Waals surface area (Å²) in [7, 11) is -3.75. The van der Waals surface area contributed by atoms with Crippen LogP contribution in [-0.4, -0.2) is 19.6 Å². The van der Waals surface area contributed by atoms with Crippen LogP contribution in [0.1, 0.15) is 11.1 Å². The summed E-state index contributed by atoms with van der Waals surface area (Å²) in [4.78, 5) is 8.29. The predicted octanol–water partition coefficient (Wildman–Crippen LogP) is 3.39. The molecule has 0 aliphatic carbocycles. The normalized spacial score (nSPS) is 12.3. The number of sulfonamides is 1. The number of nitrogens with two attached hydrogens (primary N) is 1. The van der Waals surface area contributed by atoms with Gasteiger partial charge in [0.05, 0.1) is 4.90 Å². The molecule has 0 aliphatic heterocycles. The van der Waals surface area contributed by atoms with Crippen LogP contribution in [0.5, 0.6) is 0 Å². The number of halogens is 1. The number of anilines is 1. The third-order valence-corrected chi connectivity index (χ3v) is 5.51. The number of hydrogen-bond acceptors (Lipinski definition) is 6. The predicted molar refractivity (Wildman–Crippen MR) is 95.3 cm³/mol. The molecule has 3 N–H and O–H groups in total. The summed E-state index contributed by atoms with van der Waals surface area (Å²) in [6.07, 6.45) is 4.36. The fourth-order valence-electron chi connectivity index (χ4n) is 1.76. The summed E-state index contributed by atoms with van der Waals surface area (Å²) in [6.45, 7) is 3.44. The van der Waals surface area contributed by atoms with Crippen LogP contribution in [0.2, 0.25) is 5.02 Å². The maximum absolute atomic E-state index is 12.5. The van der Waals surface area contributed by atoms with Gasteiger partial charge in [-0.05, 0) is 49.4 Å². The minimum absolute atomic E-state index is 0.170. The number of benzene rings is 1. The fourth-order valence-corrected chi connectivity index (χ4v) is 3.96. The molecular weight excluding hydrogens is 356 g/mol. The van der Waals surface area contributed by atoms with Crippen LogP contribution < -0.4 is 10.5 Å². The highest BCUT2D eigenvalue weighted by atomic mass is 35.5. The Balaban J connectivity index is 2.27. The smallest absolute Gasteiger partial charge is 0.263 e. The first-order valence-electron chi connectivity index (χ1n) is 6.49. The number of rotatable bonds is 5. The van der Waals surface area contributed by atoms with Crippen molar-refractivity contribution in [3.05, 3.63) is 45.9 Å². The topological polar surface area (TPSA) is 97.4 Å². The van der Waals surface area contributed by atoms with Crippen LogP contribution in [0.15, 0.2) is 39.7 Å². The number of allylic oxidation sites excluding steroid dienone is 1. The Bertz CT molecular complexity index is 873. The van der Waals surface area contributed by atoms with Crippen LogP contribution in [0.3, 0.4) is 0 Å². The Morgan fingerprint density at radius 1 is 1.35 bits per heavy atom. The molecule has 0 bridgehead atoms. The van der Waals surface area contributed by atoms with Crippen molar-refractivity contribution < 1.29 is 8.42 Å². The van der Waals surface area contributed by atoms with Crippen molar-refractivity contribution in [1.29, 1.82) is 0 Å². The molecule has 0 aliphatic rings. The molecule has 0 saturated carbocycles. The molecule has 6 nitrogen and oxygen atoms in total. The Kier molecular flexibility index (Phi) is 5.40. The summed E-state index contributed by atoms with van der Waals surface area (Å²) in [5.74, 6) is 0.214. The summed E-state index contributed by atoms with van der Waals surface area (Å²) < 4.78 is 27.4. The highest BCUT2D eigenvalue weighted by Crippen LogP contribution is 2.27. The van der Waals surface area contributed by atoms with E-state index in [-0.39, 0.29) is 10.7 Å². The zero-order valence-electron chi connectivity index (χ0n) is 12.4. The number of thiazole rings is 1. The third-order valence-electron chi connectivity index (χ3n) is 2.86. The molecule has 1 heterocycles. The molecule has 1 aromatic heterocycles. The van der Waals surface area contributed by atoms with E-state index in [9.17, 15) is 8.42 Å². The van der Waals surface area contributed by atoms with Crippen molar-refractivity contribution >= 4 is 50.1 Å². The molecule has 9 heteroatoms. The number of aryl methyl sites for hydroxylation is 2. The van der Waals surface area contributed by atoms with Crippen molar-refractivity contribution in [3.63, 3.8) is 0 Å². The van der Waals surface area contributed by atoms with Crippen LogP contribution in [0.25, 0.3) is 0 Å². The van der Waals surface area contributed by atoms with Gasteiger partial charge in [0.1, 0.15) is 0 Å². The number of hydrogen-bond donors (Lipinski definition) is 2. The molecule has 2 aromatic rings. The Labute approximate surface area is 143 Å². The summed E-state index contributed by atoms with van der Waals surface area (Å²) in [5.41, 5.74) is 6.45. The minimum Gasteiger partial charge on any atom is -0.405 e. The molecule has 2 rings (SSSR count). The summed E-state index contributed by atoms with van der Waals surface area (Å²) >= 11 is 7.22. The van der Waals surface area contributed by atoms with Crippen molar-refractivity contribution in [3.8, 4) is 0 Å². The molecule has 122 valence electrons. The van der Waals surface area contributed by atoms with E-state index in [1.807, 2.05) is 0 Å². The van der Waals surface area contributed by atoms with Gasteiger partial charge in [-0.15, -0.1) is 11.3 Å². The Hall–Kier alpha value is -1.90. The largest absolute Gasteiger partial charge is 0.405 e. The van der Waals surface area contributed by atoms with Gasteiger partial charge in [-0.25, -0.2) is 18.4 Å². The lowest BCUT2D eigenvalue weighted by atomic mass is 10.2. The van der Waals surface area contributed by atoms with Gasteiger partial charge in [0, 0.05) is 16.6 Å². The zero-order chi connectivity index (χ0) is 17.0.